The highest BCUT2D eigenvalue weighted by molar-refractivity contribution is 4.82. The largest absolute Gasteiger partial charge is 0.369 e. The summed E-state index contributed by atoms with van der Waals surface area (Å²) in [7, 11) is 0. The monoisotopic (exact) mass is 98.1 g/mol. The lowest BCUT2D eigenvalue weighted by Gasteiger charge is -1.91. The second kappa shape index (κ2) is 5.52. The summed E-state index contributed by atoms with van der Waals surface area (Å²) in [5.41, 5.74) is 0. The van der Waals surface area contributed by atoms with E-state index in [1.54, 1.807) is 0 Å². The van der Waals surface area contributed by atoms with Crippen LogP contribution in [0.25, 0.3) is 0 Å². The predicted octanol–water partition coefficient (Wildman–Crippen LogP) is 1.05. The van der Waals surface area contributed by atoms with Gasteiger partial charge in [-0.2, -0.15) is 0 Å². The Morgan fingerprint density at radius 2 is 2.43 bits per heavy atom. The number of hydrogen-bond donors (Lipinski definition) is 0. The first-order chi connectivity index (χ1) is 3.41. The fourth-order valence-corrected chi connectivity index (χ4v) is 0.275. The van der Waals surface area contributed by atoms with Gasteiger partial charge in [-0.05, 0) is 6.42 Å². The first-order valence-corrected chi connectivity index (χ1v) is 2.43. The Labute approximate surface area is 44.7 Å². The predicted molar refractivity (Wildman–Crippen MR) is 29.9 cm³/mol. The van der Waals surface area contributed by atoms with Crippen molar-refractivity contribution in [1.82, 2.24) is 0 Å². The van der Waals surface area contributed by atoms with E-state index in [0.29, 0.717) is 6.61 Å². The molecular formula is C6H10O. The van der Waals surface area contributed by atoms with E-state index in [9.17, 15) is 0 Å². The Morgan fingerprint density at radius 3 is 2.86 bits per heavy atom. The van der Waals surface area contributed by atoms with Gasteiger partial charge in [-0.3, -0.25) is 0 Å². The van der Waals surface area contributed by atoms with Gasteiger partial charge in [0.2, 0.25) is 0 Å². The number of rotatable bonds is 3. The molecular weight excluding hydrogens is 88.1 g/mol. The van der Waals surface area contributed by atoms with Crippen molar-refractivity contribution in [3.63, 3.8) is 0 Å². The van der Waals surface area contributed by atoms with Gasteiger partial charge in [0.25, 0.3) is 0 Å². The molecule has 0 radical (unpaired) electrons. The summed E-state index contributed by atoms with van der Waals surface area (Å²) < 4.78 is 4.90. The molecule has 0 aliphatic heterocycles. The van der Waals surface area contributed by atoms with E-state index in [2.05, 4.69) is 12.8 Å². The first-order valence-electron chi connectivity index (χ1n) is 2.43. The summed E-state index contributed by atoms with van der Waals surface area (Å²) >= 11 is 0. The Kier molecular flexibility index (Phi) is 5.14. The zero-order valence-corrected chi connectivity index (χ0v) is 4.61. The maximum Gasteiger partial charge on any atom is 0.107 e. The van der Waals surface area contributed by atoms with Gasteiger partial charge in [-0.25, -0.2) is 0 Å². The van der Waals surface area contributed by atoms with Crippen molar-refractivity contribution in [2.45, 2.75) is 13.3 Å². The highest BCUT2D eigenvalue weighted by Crippen LogP contribution is 1.76. The summed E-state index contributed by atoms with van der Waals surface area (Å²) in [6.07, 6.45) is 5.94. The van der Waals surface area contributed by atoms with Crippen molar-refractivity contribution in [2.75, 3.05) is 13.2 Å². The summed E-state index contributed by atoms with van der Waals surface area (Å²) in [4.78, 5) is 0. The van der Waals surface area contributed by atoms with E-state index in [4.69, 9.17) is 11.2 Å². The van der Waals surface area contributed by atoms with Gasteiger partial charge in [0, 0.05) is 6.61 Å². The van der Waals surface area contributed by atoms with E-state index in [-0.39, 0.29) is 0 Å². The topological polar surface area (TPSA) is 9.23 Å². The highest BCUT2D eigenvalue weighted by atomic mass is 16.5. The van der Waals surface area contributed by atoms with E-state index >= 15 is 0 Å². The Bertz CT molecular complexity index is 61.1. The molecule has 0 saturated carbocycles. The average molecular weight is 98.1 g/mol. The molecule has 0 aromatic rings. The fourth-order valence-electron chi connectivity index (χ4n) is 0.275. The molecule has 0 aromatic carbocycles. The molecule has 0 atom stereocenters. The quantitative estimate of drug-likeness (QED) is 0.378. The minimum Gasteiger partial charge on any atom is -0.369 e. The molecule has 0 bridgehead atoms. The summed E-state index contributed by atoms with van der Waals surface area (Å²) in [5.74, 6) is 2.38. The van der Waals surface area contributed by atoms with Crippen LogP contribution in [0.4, 0.5) is 0 Å². The molecule has 0 aliphatic carbocycles. The fraction of sp³-hybridized carbons (Fsp3) is 0.667. The molecule has 0 saturated heterocycles. The lowest BCUT2D eigenvalue weighted by atomic mass is 10.5. The van der Waals surface area contributed by atoms with Crippen molar-refractivity contribution in [3.8, 4) is 12.3 Å². The van der Waals surface area contributed by atoms with Crippen LogP contribution in [-0.2, 0) is 4.74 Å². The molecule has 1 nitrogen and oxygen atoms in total. The number of hydrogen-bond acceptors (Lipinski definition) is 1. The van der Waals surface area contributed by atoms with Crippen molar-refractivity contribution >= 4 is 0 Å². The van der Waals surface area contributed by atoms with Crippen LogP contribution in [-0.4, -0.2) is 13.2 Å². The highest BCUT2D eigenvalue weighted by Gasteiger charge is 1.75. The Morgan fingerprint density at radius 1 is 1.71 bits per heavy atom. The van der Waals surface area contributed by atoms with E-state index < -0.39 is 0 Å². The van der Waals surface area contributed by atoms with Gasteiger partial charge in [0.15, 0.2) is 0 Å². The van der Waals surface area contributed by atoms with Crippen LogP contribution in [0.15, 0.2) is 0 Å². The van der Waals surface area contributed by atoms with Crippen LogP contribution in [0.1, 0.15) is 13.3 Å². The Hall–Kier alpha value is -0.480. The number of ether oxygens (including phenoxy) is 1. The molecule has 1 heteroatoms. The third kappa shape index (κ3) is 5.52. The maximum atomic E-state index is 4.90. The standard InChI is InChI=1S/C6H10O/c1-3-5-7-6-4-2/h1H,4-6H2,2H3. The molecule has 0 rings (SSSR count). The van der Waals surface area contributed by atoms with Crippen LogP contribution in [0.5, 0.6) is 0 Å². The van der Waals surface area contributed by atoms with E-state index in [1.807, 2.05) is 0 Å². The van der Waals surface area contributed by atoms with Crippen molar-refractivity contribution in [1.29, 1.82) is 0 Å². The van der Waals surface area contributed by atoms with Crippen molar-refractivity contribution in [2.24, 2.45) is 0 Å². The zero-order valence-electron chi connectivity index (χ0n) is 4.61. The molecule has 7 heavy (non-hydrogen) atoms. The van der Waals surface area contributed by atoms with Gasteiger partial charge in [-0.1, -0.05) is 12.8 Å². The molecule has 40 valence electrons. The van der Waals surface area contributed by atoms with Gasteiger partial charge in [0.05, 0.1) is 0 Å². The van der Waals surface area contributed by atoms with Crippen molar-refractivity contribution in [3.05, 3.63) is 0 Å². The van der Waals surface area contributed by atoms with Gasteiger partial charge < -0.3 is 4.74 Å². The SMILES string of the molecule is C#CCOCCC. The van der Waals surface area contributed by atoms with E-state index in [0.717, 1.165) is 13.0 Å². The normalized spacial score (nSPS) is 8.00. The molecule has 0 heterocycles. The molecule has 0 amide bonds. The summed E-state index contributed by atoms with van der Waals surface area (Å²) in [6, 6.07) is 0. The lowest BCUT2D eigenvalue weighted by molar-refractivity contribution is 0.168. The molecule has 0 aliphatic rings. The number of terminal acetylenes is 1. The summed E-state index contributed by atoms with van der Waals surface area (Å²) in [6.45, 7) is 3.29. The van der Waals surface area contributed by atoms with Crippen LogP contribution in [0.2, 0.25) is 0 Å². The molecule has 0 N–H and O–H groups in total. The molecule has 0 spiro atoms. The zero-order chi connectivity index (χ0) is 5.54. The second-order valence-corrected chi connectivity index (χ2v) is 1.26. The first kappa shape index (κ1) is 6.52. The van der Waals surface area contributed by atoms with Crippen LogP contribution >= 0.6 is 0 Å². The minimum atomic E-state index is 0.452. The smallest absolute Gasteiger partial charge is 0.107 e. The minimum absolute atomic E-state index is 0.452. The third-order valence-corrected chi connectivity index (χ3v) is 0.534. The second-order valence-electron chi connectivity index (χ2n) is 1.26. The van der Waals surface area contributed by atoms with Crippen LogP contribution < -0.4 is 0 Å². The third-order valence-electron chi connectivity index (χ3n) is 0.534. The van der Waals surface area contributed by atoms with Gasteiger partial charge in [-0.15, -0.1) is 6.42 Å². The maximum absolute atomic E-state index is 4.90. The van der Waals surface area contributed by atoms with Crippen molar-refractivity contribution < 1.29 is 4.74 Å². The Balaban J connectivity index is 2.60. The molecule has 0 unspecified atom stereocenters. The van der Waals surface area contributed by atoms with Crippen LogP contribution in [0.3, 0.4) is 0 Å². The van der Waals surface area contributed by atoms with E-state index in [1.165, 1.54) is 0 Å². The molecule has 0 fully saturated rings. The summed E-state index contributed by atoms with van der Waals surface area (Å²) in [5, 5.41) is 0. The van der Waals surface area contributed by atoms with Gasteiger partial charge >= 0.3 is 0 Å². The van der Waals surface area contributed by atoms with Crippen LogP contribution in [0, 0.1) is 12.3 Å². The average Bonchev–Trinajstić information content (AvgIpc) is 1.69. The lowest BCUT2D eigenvalue weighted by Crippen LogP contribution is -1.90. The molecule has 0 aromatic heterocycles. The van der Waals surface area contributed by atoms with Gasteiger partial charge in [0.1, 0.15) is 6.61 Å².